The van der Waals surface area contributed by atoms with E-state index in [1.165, 1.54) is 19.3 Å². The number of rotatable bonds is 8. The highest BCUT2D eigenvalue weighted by Gasteiger charge is 2.18. The van der Waals surface area contributed by atoms with Crippen LogP contribution in [0, 0.1) is 11.3 Å². The number of para-hydroxylation sites is 1. The molecular weight excluding hydrogens is 466 g/mol. The first-order valence-electron chi connectivity index (χ1n) is 11.2. The van der Waals surface area contributed by atoms with E-state index in [0.29, 0.717) is 5.69 Å². The number of ether oxygens (including phenoxy) is 1. The van der Waals surface area contributed by atoms with Crippen LogP contribution < -0.4 is 20.3 Å². The highest BCUT2D eigenvalue weighted by molar-refractivity contribution is 7.89. The van der Waals surface area contributed by atoms with Crippen molar-refractivity contribution in [3.63, 3.8) is 0 Å². The predicted octanol–water partition coefficient (Wildman–Crippen LogP) is 3.14. The van der Waals surface area contributed by atoms with Crippen LogP contribution in [-0.2, 0) is 21.2 Å². The third-order valence-corrected chi connectivity index (χ3v) is 7.17. The number of anilines is 5. The van der Waals surface area contributed by atoms with Gasteiger partial charge in [0, 0.05) is 24.5 Å². The van der Waals surface area contributed by atoms with Crippen molar-refractivity contribution in [3.05, 3.63) is 59.8 Å². The summed E-state index contributed by atoms with van der Waals surface area (Å²) in [5.74, 6) is 0.487. The predicted molar refractivity (Wildman–Crippen MR) is 135 cm³/mol. The number of hydrogen-bond donors (Lipinski definition) is 3. The number of nitrogens with one attached hydrogen (secondary N) is 3. The van der Waals surface area contributed by atoms with E-state index in [2.05, 4.69) is 49.3 Å². The van der Waals surface area contributed by atoms with Crippen LogP contribution in [0.2, 0.25) is 0 Å². The molecule has 11 heteroatoms. The zero-order valence-electron chi connectivity index (χ0n) is 19.6. The van der Waals surface area contributed by atoms with E-state index in [-0.39, 0.29) is 22.2 Å². The molecule has 10 nitrogen and oxygen atoms in total. The molecule has 0 radical (unpaired) electrons. The van der Waals surface area contributed by atoms with Crippen LogP contribution in [0.15, 0.2) is 53.6 Å². The summed E-state index contributed by atoms with van der Waals surface area (Å²) in [6.45, 7) is 5.22. The summed E-state index contributed by atoms with van der Waals surface area (Å²) in [6, 6.07) is 14.7. The Balaban J connectivity index is 1.63. The number of benzene rings is 2. The minimum Gasteiger partial charge on any atom is -0.378 e. The summed E-state index contributed by atoms with van der Waals surface area (Å²) in [6.07, 6.45) is 2.21. The monoisotopic (exact) mass is 493 g/mol. The summed E-state index contributed by atoms with van der Waals surface area (Å²) in [4.78, 5) is 11.1. The Labute approximate surface area is 205 Å². The van der Waals surface area contributed by atoms with Crippen LogP contribution in [0.25, 0.3) is 0 Å². The van der Waals surface area contributed by atoms with Gasteiger partial charge in [-0.05, 0) is 49.4 Å². The zero-order valence-corrected chi connectivity index (χ0v) is 20.4. The first kappa shape index (κ1) is 24.4. The van der Waals surface area contributed by atoms with Crippen LogP contribution in [0.1, 0.15) is 18.1 Å². The number of aromatic nitrogens is 2. The van der Waals surface area contributed by atoms with E-state index in [4.69, 9.17) is 4.74 Å². The maximum Gasteiger partial charge on any atom is 0.242 e. The zero-order chi connectivity index (χ0) is 24.8. The first-order chi connectivity index (χ1) is 16.9. The lowest BCUT2D eigenvalue weighted by molar-refractivity contribution is 0.122. The van der Waals surface area contributed by atoms with Gasteiger partial charge in [-0.1, -0.05) is 19.1 Å². The lowest BCUT2D eigenvalue weighted by Crippen LogP contribution is -2.36. The summed E-state index contributed by atoms with van der Waals surface area (Å²) < 4.78 is 32.6. The summed E-state index contributed by atoms with van der Waals surface area (Å²) >= 11 is 0. The maximum absolute atomic E-state index is 12.4. The smallest absolute Gasteiger partial charge is 0.242 e. The van der Waals surface area contributed by atoms with E-state index < -0.39 is 10.0 Å². The number of nitrogens with zero attached hydrogens (tertiary/aromatic N) is 4. The van der Waals surface area contributed by atoms with Crippen LogP contribution >= 0.6 is 0 Å². The normalized spacial score (nSPS) is 13.8. The molecule has 0 unspecified atom stereocenters. The third-order valence-electron chi connectivity index (χ3n) is 5.70. The fraction of sp³-hybridized carbons (Fsp3) is 0.292. The number of nitriles is 1. The molecule has 1 saturated heterocycles. The topological polar surface area (TPSA) is 132 Å². The van der Waals surface area contributed by atoms with Gasteiger partial charge in [-0.3, -0.25) is 0 Å². The van der Waals surface area contributed by atoms with Gasteiger partial charge in [-0.2, -0.15) is 10.2 Å². The van der Waals surface area contributed by atoms with Gasteiger partial charge >= 0.3 is 0 Å². The fourth-order valence-corrected chi connectivity index (χ4v) is 4.68. The Bertz CT molecular complexity index is 1350. The van der Waals surface area contributed by atoms with Gasteiger partial charge in [0.1, 0.15) is 16.5 Å². The van der Waals surface area contributed by atoms with Crippen molar-refractivity contribution in [2.45, 2.75) is 18.2 Å². The van der Waals surface area contributed by atoms with E-state index >= 15 is 0 Å². The van der Waals surface area contributed by atoms with Gasteiger partial charge in [0.2, 0.25) is 16.0 Å². The molecule has 3 N–H and O–H groups in total. The van der Waals surface area contributed by atoms with Crippen molar-refractivity contribution in [2.75, 3.05) is 48.9 Å². The molecule has 35 heavy (non-hydrogen) atoms. The summed E-state index contributed by atoms with van der Waals surface area (Å²) in [7, 11) is -2.37. The van der Waals surface area contributed by atoms with E-state index in [1.807, 2.05) is 12.1 Å². The van der Waals surface area contributed by atoms with Gasteiger partial charge in [-0.25, -0.2) is 18.1 Å². The van der Waals surface area contributed by atoms with Crippen LogP contribution in [0.3, 0.4) is 0 Å². The number of hydrogen-bond acceptors (Lipinski definition) is 9. The Hall–Kier alpha value is -3.72. The molecule has 4 rings (SSSR count). The quantitative estimate of drug-likeness (QED) is 0.433. The molecule has 1 aliphatic heterocycles. The molecule has 1 fully saturated rings. The van der Waals surface area contributed by atoms with Gasteiger partial charge < -0.3 is 20.3 Å². The van der Waals surface area contributed by atoms with E-state index in [9.17, 15) is 13.7 Å². The second-order valence-corrected chi connectivity index (χ2v) is 9.67. The van der Waals surface area contributed by atoms with Gasteiger partial charge in [-0.15, -0.1) is 0 Å². The van der Waals surface area contributed by atoms with Crippen molar-refractivity contribution in [1.82, 2.24) is 14.7 Å². The van der Waals surface area contributed by atoms with Crippen LogP contribution in [0.5, 0.6) is 0 Å². The molecule has 1 aliphatic rings. The van der Waals surface area contributed by atoms with Crippen molar-refractivity contribution in [2.24, 2.45) is 0 Å². The molecule has 0 spiro atoms. The largest absolute Gasteiger partial charge is 0.378 e. The van der Waals surface area contributed by atoms with E-state index in [0.717, 1.165) is 49.7 Å². The number of morpholine rings is 1. The number of sulfonamides is 1. The second kappa shape index (κ2) is 10.7. The maximum atomic E-state index is 12.4. The highest BCUT2D eigenvalue weighted by atomic mass is 32.2. The van der Waals surface area contributed by atoms with Crippen molar-refractivity contribution >= 4 is 38.9 Å². The van der Waals surface area contributed by atoms with Crippen molar-refractivity contribution < 1.29 is 13.2 Å². The Kier molecular flexibility index (Phi) is 7.45. The average Bonchev–Trinajstić information content (AvgIpc) is 2.90. The van der Waals surface area contributed by atoms with Crippen LogP contribution in [-0.4, -0.2) is 51.7 Å². The summed E-state index contributed by atoms with van der Waals surface area (Å²) in [5, 5.41) is 15.8. The lowest BCUT2D eigenvalue weighted by Gasteiger charge is -2.29. The van der Waals surface area contributed by atoms with Crippen molar-refractivity contribution in [1.29, 1.82) is 5.26 Å². The minimum absolute atomic E-state index is 0.0477. The molecule has 0 saturated carbocycles. The molecule has 182 valence electrons. The lowest BCUT2D eigenvalue weighted by atomic mass is 10.1. The molecule has 0 aliphatic carbocycles. The SMILES string of the molecule is CCc1cc(N2CCOCC2)ccc1Nc1ncc(C#N)c(Nc2ccccc2S(=O)(=O)NC)n1. The average molecular weight is 494 g/mol. The summed E-state index contributed by atoms with van der Waals surface area (Å²) in [5.41, 5.74) is 3.58. The highest BCUT2D eigenvalue weighted by Crippen LogP contribution is 2.29. The molecule has 0 atom stereocenters. The molecule has 0 bridgehead atoms. The number of aryl methyl sites for hydroxylation is 1. The minimum atomic E-state index is -3.72. The molecule has 1 aromatic heterocycles. The second-order valence-electron chi connectivity index (χ2n) is 7.82. The standard InChI is InChI=1S/C24H27N7O3S/c1-3-17-14-19(31-10-12-34-13-11-31)8-9-20(17)29-24-27-16-18(15-25)23(30-24)28-21-6-4-5-7-22(21)35(32,33)26-2/h4-9,14,16,26H,3,10-13H2,1-2H3,(H2,27,28,29,30). The fourth-order valence-electron chi connectivity index (χ4n) is 3.79. The third kappa shape index (κ3) is 5.51. The molecule has 2 heterocycles. The van der Waals surface area contributed by atoms with Gasteiger partial charge in [0.15, 0.2) is 5.82 Å². The Morgan fingerprint density at radius 2 is 1.89 bits per heavy atom. The first-order valence-corrected chi connectivity index (χ1v) is 12.7. The van der Waals surface area contributed by atoms with E-state index in [1.54, 1.807) is 18.2 Å². The molecular formula is C24H27N7O3S. The van der Waals surface area contributed by atoms with Crippen LogP contribution in [0.4, 0.5) is 28.8 Å². The molecule has 3 aromatic rings. The Morgan fingerprint density at radius 3 is 2.60 bits per heavy atom. The molecule has 2 aromatic carbocycles. The van der Waals surface area contributed by atoms with Gasteiger partial charge in [0.05, 0.1) is 25.1 Å². The Morgan fingerprint density at radius 1 is 1.11 bits per heavy atom. The van der Waals surface area contributed by atoms with Crippen molar-refractivity contribution in [3.8, 4) is 6.07 Å². The van der Waals surface area contributed by atoms with Gasteiger partial charge in [0.25, 0.3) is 0 Å². The molecule has 0 amide bonds.